The van der Waals surface area contributed by atoms with Gasteiger partial charge in [0.15, 0.2) is 5.17 Å². The first kappa shape index (κ1) is 14.9. The summed E-state index contributed by atoms with van der Waals surface area (Å²) in [6, 6.07) is 11.2. The van der Waals surface area contributed by atoms with Crippen molar-refractivity contribution in [3.8, 4) is 0 Å². The highest BCUT2D eigenvalue weighted by atomic mass is 32.2. The number of nitrogens with zero attached hydrogens (tertiary/aromatic N) is 1. The van der Waals surface area contributed by atoms with Crippen LogP contribution in [0.25, 0.3) is 0 Å². The zero-order chi connectivity index (χ0) is 14.3. The molecule has 0 aromatic heterocycles. The summed E-state index contributed by atoms with van der Waals surface area (Å²) in [5, 5.41) is 4.64. The van der Waals surface area contributed by atoms with E-state index in [1.54, 1.807) is 0 Å². The molecular formula is C17H24N2OS. The molecular weight excluding hydrogens is 280 g/mol. The molecule has 0 bridgehead atoms. The average molecular weight is 304 g/mol. The summed E-state index contributed by atoms with van der Waals surface area (Å²) in [5.74, 6) is 1.98. The molecule has 114 valence electrons. The van der Waals surface area contributed by atoms with E-state index >= 15 is 0 Å². The number of aliphatic imine (C=N–C) groups is 1. The highest BCUT2D eigenvalue weighted by molar-refractivity contribution is 8.14. The zero-order valence-electron chi connectivity index (χ0n) is 12.5. The third-order valence-corrected chi connectivity index (χ3v) is 4.92. The van der Waals surface area contributed by atoms with Gasteiger partial charge in [-0.1, -0.05) is 42.1 Å². The van der Waals surface area contributed by atoms with Crippen LogP contribution >= 0.6 is 11.8 Å². The minimum absolute atomic E-state index is 0.516. The van der Waals surface area contributed by atoms with E-state index in [-0.39, 0.29) is 0 Å². The Hall–Kier alpha value is -1.00. The van der Waals surface area contributed by atoms with Gasteiger partial charge in [0.2, 0.25) is 0 Å². The van der Waals surface area contributed by atoms with Crippen molar-refractivity contribution >= 4 is 16.9 Å². The molecule has 4 heteroatoms. The Balaban J connectivity index is 1.30. The normalized spacial score (nSPS) is 23.4. The summed E-state index contributed by atoms with van der Waals surface area (Å²) in [6.45, 7) is 2.69. The fourth-order valence-electron chi connectivity index (χ4n) is 2.42. The Morgan fingerprint density at radius 1 is 1.24 bits per heavy atom. The van der Waals surface area contributed by atoms with Crippen LogP contribution in [-0.4, -0.2) is 36.7 Å². The van der Waals surface area contributed by atoms with Gasteiger partial charge in [0.05, 0.1) is 0 Å². The first-order valence-electron chi connectivity index (χ1n) is 7.95. The van der Waals surface area contributed by atoms with Gasteiger partial charge < -0.3 is 10.1 Å². The van der Waals surface area contributed by atoms with Crippen LogP contribution < -0.4 is 5.32 Å². The second kappa shape index (κ2) is 7.85. The fourth-order valence-corrected chi connectivity index (χ4v) is 3.41. The van der Waals surface area contributed by atoms with Crippen LogP contribution in [0.15, 0.2) is 35.3 Å². The van der Waals surface area contributed by atoms with Gasteiger partial charge in [-0.25, -0.2) is 0 Å². The summed E-state index contributed by atoms with van der Waals surface area (Å²) < 4.78 is 5.63. The summed E-state index contributed by atoms with van der Waals surface area (Å²) >= 11 is 1.85. The van der Waals surface area contributed by atoms with E-state index in [0.29, 0.717) is 6.04 Å². The highest BCUT2D eigenvalue weighted by Gasteiger charge is 2.21. The lowest BCUT2D eigenvalue weighted by atomic mass is 10.1. The van der Waals surface area contributed by atoms with Gasteiger partial charge >= 0.3 is 0 Å². The van der Waals surface area contributed by atoms with E-state index in [1.807, 2.05) is 11.8 Å². The number of amidine groups is 1. The molecule has 1 aromatic carbocycles. The molecule has 0 spiro atoms. The van der Waals surface area contributed by atoms with Crippen molar-refractivity contribution in [3.63, 3.8) is 0 Å². The number of benzene rings is 1. The number of hydrogen-bond donors (Lipinski definition) is 1. The molecule has 3 nitrogen and oxygen atoms in total. The van der Waals surface area contributed by atoms with Gasteiger partial charge in [-0.2, -0.15) is 0 Å². The Morgan fingerprint density at radius 2 is 2.10 bits per heavy atom. The topological polar surface area (TPSA) is 33.6 Å². The van der Waals surface area contributed by atoms with Crippen LogP contribution in [-0.2, 0) is 11.2 Å². The third-order valence-electron chi connectivity index (χ3n) is 3.83. The number of hydrogen-bond acceptors (Lipinski definition) is 3. The zero-order valence-corrected chi connectivity index (χ0v) is 13.3. The van der Waals surface area contributed by atoms with Crippen molar-refractivity contribution in [1.82, 2.24) is 5.32 Å². The lowest BCUT2D eigenvalue weighted by Gasteiger charge is -2.09. The molecule has 0 amide bonds. The molecule has 1 N–H and O–H groups in total. The Bertz CT molecular complexity index is 459. The molecule has 2 aliphatic rings. The van der Waals surface area contributed by atoms with Gasteiger partial charge in [-0.05, 0) is 37.2 Å². The van der Waals surface area contributed by atoms with Gasteiger partial charge in [0.1, 0.15) is 0 Å². The SMILES string of the molecule is c1ccc(CC2CSC(=NCCCOCC3CC3)N2)cc1. The molecule has 1 atom stereocenters. The molecule has 1 heterocycles. The monoisotopic (exact) mass is 304 g/mol. The summed E-state index contributed by atoms with van der Waals surface area (Å²) in [7, 11) is 0. The molecule has 2 fully saturated rings. The van der Waals surface area contributed by atoms with E-state index in [4.69, 9.17) is 4.74 Å². The van der Waals surface area contributed by atoms with Crippen LogP contribution in [0.3, 0.4) is 0 Å². The fraction of sp³-hybridized carbons (Fsp3) is 0.588. The predicted octanol–water partition coefficient (Wildman–Crippen LogP) is 3.11. The van der Waals surface area contributed by atoms with Crippen LogP contribution in [0.5, 0.6) is 0 Å². The van der Waals surface area contributed by atoms with Crippen LogP contribution in [0.2, 0.25) is 0 Å². The maximum atomic E-state index is 5.63. The van der Waals surface area contributed by atoms with Crippen molar-refractivity contribution in [2.75, 3.05) is 25.5 Å². The Morgan fingerprint density at radius 3 is 2.90 bits per heavy atom. The predicted molar refractivity (Wildman–Crippen MR) is 90.0 cm³/mol. The lowest BCUT2D eigenvalue weighted by molar-refractivity contribution is 0.123. The average Bonchev–Trinajstić information content (AvgIpc) is 3.23. The van der Waals surface area contributed by atoms with E-state index in [9.17, 15) is 0 Å². The molecule has 1 unspecified atom stereocenters. The number of thioether (sulfide) groups is 1. The molecule has 21 heavy (non-hydrogen) atoms. The van der Waals surface area contributed by atoms with E-state index in [0.717, 1.165) is 49.4 Å². The van der Waals surface area contributed by atoms with Crippen molar-refractivity contribution in [3.05, 3.63) is 35.9 Å². The van der Waals surface area contributed by atoms with Crippen molar-refractivity contribution in [2.45, 2.75) is 31.7 Å². The maximum absolute atomic E-state index is 5.63. The lowest BCUT2D eigenvalue weighted by Crippen LogP contribution is -2.29. The maximum Gasteiger partial charge on any atom is 0.156 e. The minimum atomic E-state index is 0.516. The Kier molecular flexibility index (Phi) is 5.58. The smallest absolute Gasteiger partial charge is 0.156 e. The summed E-state index contributed by atoms with van der Waals surface area (Å²) in [5.41, 5.74) is 1.39. The third kappa shape index (κ3) is 5.36. The van der Waals surface area contributed by atoms with Crippen molar-refractivity contribution in [1.29, 1.82) is 0 Å². The summed E-state index contributed by atoms with van der Waals surface area (Å²) in [6.07, 6.45) is 4.84. The van der Waals surface area contributed by atoms with E-state index < -0.39 is 0 Å². The number of ether oxygens (including phenoxy) is 1. The molecule has 1 aliphatic carbocycles. The molecule has 1 aliphatic heterocycles. The quantitative estimate of drug-likeness (QED) is 0.749. The molecule has 3 rings (SSSR count). The van der Waals surface area contributed by atoms with Crippen LogP contribution in [0.1, 0.15) is 24.8 Å². The van der Waals surface area contributed by atoms with Crippen molar-refractivity contribution in [2.24, 2.45) is 10.9 Å². The van der Waals surface area contributed by atoms with E-state index in [1.165, 1.54) is 18.4 Å². The van der Waals surface area contributed by atoms with Gasteiger partial charge in [-0.3, -0.25) is 4.99 Å². The van der Waals surface area contributed by atoms with Crippen molar-refractivity contribution < 1.29 is 4.74 Å². The second-order valence-corrected chi connectivity index (χ2v) is 6.91. The first-order valence-corrected chi connectivity index (χ1v) is 8.94. The molecule has 0 radical (unpaired) electrons. The van der Waals surface area contributed by atoms with Crippen LogP contribution in [0.4, 0.5) is 0 Å². The Labute approximate surface area is 131 Å². The number of nitrogens with one attached hydrogen (secondary N) is 1. The number of rotatable bonds is 8. The van der Waals surface area contributed by atoms with Gasteiger partial charge in [0, 0.05) is 31.6 Å². The summed E-state index contributed by atoms with van der Waals surface area (Å²) in [4.78, 5) is 4.64. The second-order valence-electron chi connectivity index (χ2n) is 5.90. The van der Waals surface area contributed by atoms with Crippen LogP contribution in [0, 0.1) is 5.92 Å². The minimum Gasteiger partial charge on any atom is -0.381 e. The first-order chi connectivity index (χ1) is 10.4. The molecule has 1 aromatic rings. The highest BCUT2D eigenvalue weighted by Crippen LogP contribution is 2.28. The largest absolute Gasteiger partial charge is 0.381 e. The molecule has 1 saturated carbocycles. The van der Waals surface area contributed by atoms with Gasteiger partial charge in [-0.15, -0.1) is 0 Å². The molecule has 1 saturated heterocycles. The van der Waals surface area contributed by atoms with E-state index in [2.05, 4.69) is 40.6 Å². The van der Waals surface area contributed by atoms with Gasteiger partial charge in [0.25, 0.3) is 0 Å². The standard InChI is InChI=1S/C17H24N2OS/c1-2-5-14(6-3-1)11-16-13-21-17(19-16)18-9-4-10-20-12-15-7-8-15/h1-3,5-6,15-16H,4,7-13H2,(H,18,19).